The summed E-state index contributed by atoms with van der Waals surface area (Å²) < 4.78 is 1.16. The first-order valence-electron chi connectivity index (χ1n) is 3.45. The minimum Gasteiger partial charge on any atom is -1.00 e. The smallest absolute Gasteiger partial charge is 1.00 e. The molecule has 0 aliphatic heterocycles. The van der Waals surface area contributed by atoms with Crippen molar-refractivity contribution in [3.8, 4) is 0 Å². The molecule has 0 fully saturated rings. The van der Waals surface area contributed by atoms with Crippen molar-refractivity contribution in [2.75, 3.05) is 0 Å². The van der Waals surface area contributed by atoms with Gasteiger partial charge in [-0.05, 0) is 0 Å². The Morgan fingerprint density at radius 1 is 0.583 bits per heavy atom. The summed E-state index contributed by atoms with van der Waals surface area (Å²) in [6.45, 7) is 14.0. The number of halogens is 3. The zero-order valence-electron chi connectivity index (χ0n) is 8.58. The van der Waals surface area contributed by atoms with Gasteiger partial charge in [0.25, 0.3) is 0 Å². The van der Waals surface area contributed by atoms with Crippen LogP contribution in [0.1, 0.15) is 41.5 Å². The zero-order chi connectivity index (χ0) is 7.71. The maximum absolute atomic E-state index is 2.33. The Kier molecular flexibility index (Phi) is 15.2. The molecule has 12 heavy (non-hydrogen) atoms. The van der Waals surface area contributed by atoms with Crippen LogP contribution in [0, 0.1) is 0 Å². The molecular weight excluding hydrogens is 253 g/mol. The van der Waals surface area contributed by atoms with Crippen LogP contribution >= 0.6 is 0 Å². The van der Waals surface area contributed by atoms with Crippen LogP contribution < -0.4 is 37.2 Å². The van der Waals surface area contributed by atoms with Crippen molar-refractivity contribution < 1.29 is 53.5 Å². The summed E-state index contributed by atoms with van der Waals surface area (Å²) >= 11 is 0.479. The predicted molar refractivity (Wildman–Crippen MR) is 39.4 cm³/mol. The van der Waals surface area contributed by atoms with Gasteiger partial charge in [-0.15, -0.1) is 0 Å². The van der Waals surface area contributed by atoms with Crippen molar-refractivity contribution in [1.82, 2.24) is 0 Å². The molecule has 0 rings (SSSR count). The fourth-order valence-electron chi connectivity index (χ4n) is 1.01. The Hall–Kier alpha value is 1.45. The molecule has 0 amide bonds. The van der Waals surface area contributed by atoms with E-state index in [9.17, 15) is 0 Å². The Bertz CT molecular complexity index is 79.5. The molecule has 0 aromatic rings. The van der Waals surface area contributed by atoms with E-state index >= 15 is 0 Å². The average Bonchev–Trinajstić information content (AvgIpc) is 1.14. The van der Waals surface area contributed by atoms with E-state index in [4.69, 9.17) is 0 Å². The quantitative estimate of drug-likeness (QED) is 0.412. The molecule has 76 valence electrons. The van der Waals surface area contributed by atoms with Crippen LogP contribution in [-0.2, 0) is 16.3 Å². The van der Waals surface area contributed by atoms with Gasteiger partial charge in [0.05, 0.1) is 0 Å². The minimum atomic E-state index is 0. The summed E-state index contributed by atoms with van der Waals surface area (Å²) in [4.78, 5) is 0. The van der Waals surface area contributed by atoms with Crippen LogP contribution in [0.4, 0.5) is 0 Å². The van der Waals surface area contributed by atoms with Gasteiger partial charge in [0.15, 0.2) is 0 Å². The second-order valence-electron chi connectivity index (χ2n) is 4.45. The first-order valence-corrected chi connectivity index (χ1v) is 4.84. The molecular formula is C8H18Cl3V. The molecule has 0 atom stereocenters. The van der Waals surface area contributed by atoms with Crippen molar-refractivity contribution in [2.45, 2.75) is 49.8 Å². The predicted octanol–water partition coefficient (Wildman–Crippen LogP) is -5.48. The third-order valence-electron chi connectivity index (χ3n) is 0.671. The summed E-state index contributed by atoms with van der Waals surface area (Å²) in [5.74, 6) is 0. The van der Waals surface area contributed by atoms with E-state index in [1.165, 1.54) is 0 Å². The second kappa shape index (κ2) is 7.82. The Morgan fingerprint density at radius 2 is 0.750 bits per heavy atom. The van der Waals surface area contributed by atoms with Gasteiger partial charge in [-0.2, -0.15) is 0 Å². The number of hydrogen-bond donors (Lipinski definition) is 0. The molecule has 0 radical (unpaired) electrons. The summed E-state index contributed by atoms with van der Waals surface area (Å²) in [5.41, 5.74) is 0. The van der Waals surface area contributed by atoms with E-state index in [1.807, 2.05) is 0 Å². The molecule has 0 spiro atoms. The Morgan fingerprint density at radius 3 is 0.750 bits per heavy atom. The molecule has 0 saturated carbocycles. The normalized spacial score (nSPS) is 9.83. The van der Waals surface area contributed by atoms with E-state index in [0.29, 0.717) is 24.5 Å². The minimum absolute atomic E-state index is 0. The van der Waals surface area contributed by atoms with Gasteiger partial charge in [0.2, 0.25) is 0 Å². The van der Waals surface area contributed by atoms with E-state index < -0.39 is 0 Å². The van der Waals surface area contributed by atoms with Gasteiger partial charge in [-0.1, -0.05) is 0 Å². The molecule has 0 saturated heterocycles. The topological polar surface area (TPSA) is 0 Å². The Balaban J connectivity index is -0.000000107. The van der Waals surface area contributed by atoms with E-state index in [1.54, 1.807) is 0 Å². The monoisotopic (exact) mass is 270 g/mol. The molecule has 0 heterocycles. The molecule has 0 bridgehead atoms. The van der Waals surface area contributed by atoms with Gasteiger partial charge < -0.3 is 37.2 Å². The number of rotatable bonds is 0. The van der Waals surface area contributed by atoms with Crippen molar-refractivity contribution >= 4 is 0 Å². The molecule has 0 aliphatic carbocycles. The van der Waals surface area contributed by atoms with Crippen molar-refractivity contribution in [2.24, 2.45) is 0 Å². The van der Waals surface area contributed by atoms with E-state index in [0.717, 1.165) is 0 Å². The molecule has 0 aromatic carbocycles. The van der Waals surface area contributed by atoms with Crippen LogP contribution in [0.5, 0.6) is 0 Å². The summed E-state index contributed by atoms with van der Waals surface area (Å²) in [7, 11) is 0. The molecule has 0 aliphatic rings. The van der Waals surface area contributed by atoms with Crippen LogP contribution in [0.25, 0.3) is 0 Å². The Labute approximate surface area is 103 Å². The maximum atomic E-state index is 2.33. The first-order chi connectivity index (χ1) is 3.71. The van der Waals surface area contributed by atoms with Crippen molar-refractivity contribution in [1.29, 1.82) is 0 Å². The van der Waals surface area contributed by atoms with Gasteiger partial charge in [-0.25, -0.2) is 0 Å². The van der Waals surface area contributed by atoms with Crippen LogP contribution in [0.2, 0.25) is 8.25 Å². The van der Waals surface area contributed by atoms with E-state index in [-0.39, 0.29) is 37.2 Å². The third kappa shape index (κ3) is 22.5. The molecule has 0 nitrogen and oxygen atoms in total. The standard InChI is InChI=1S/2C4H9.3ClH.V/c2*1-4(2)3;;;;/h2*1-3H3;3*1H;/q;;;;;+3/p-3. The fourth-order valence-corrected chi connectivity index (χ4v) is 4.15. The second-order valence-corrected chi connectivity index (χ2v) is 8.99. The number of hydrogen-bond acceptors (Lipinski definition) is 0. The SMILES string of the molecule is C[C](C)(C)[V+3][C](C)(C)C.[Cl-].[Cl-].[Cl-]. The van der Waals surface area contributed by atoms with Gasteiger partial charge in [0, 0.05) is 0 Å². The van der Waals surface area contributed by atoms with Gasteiger partial charge in [0.1, 0.15) is 0 Å². The summed E-state index contributed by atoms with van der Waals surface area (Å²) in [5, 5.41) is 0. The largest absolute Gasteiger partial charge is 1.00 e. The van der Waals surface area contributed by atoms with Gasteiger partial charge in [-0.3, -0.25) is 0 Å². The fraction of sp³-hybridized carbons (Fsp3) is 1.00. The average molecular weight is 272 g/mol. The van der Waals surface area contributed by atoms with Crippen molar-refractivity contribution in [3.63, 3.8) is 0 Å². The summed E-state index contributed by atoms with van der Waals surface area (Å²) in [6.07, 6.45) is 0. The van der Waals surface area contributed by atoms with Crippen molar-refractivity contribution in [3.05, 3.63) is 0 Å². The van der Waals surface area contributed by atoms with E-state index in [2.05, 4.69) is 41.5 Å². The molecule has 0 unspecified atom stereocenters. The third-order valence-corrected chi connectivity index (χ3v) is 2.77. The van der Waals surface area contributed by atoms with Crippen LogP contribution in [0.3, 0.4) is 0 Å². The summed E-state index contributed by atoms with van der Waals surface area (Å²) in [6, 6.07) is 0. The molecule has 0 aromatic heterocycles. The van der Waals surface area contributed by atoms with Gasteiger partial charge >= 0.3 is 66.1 Å². The molecule has 4 heteroatoms. The zero-order valence-corrected chi connectivity index (χ0v) is 12.2. The maximum Gasteiger partial charge on any atom is -1.00 e. The van der Waals surface area contributed by atoms with Crippen LogP contribution in [-0.4, -0.2) is 0 Å². The molecule has 0 N–H and O–H groups in total. The first kappa shape index (κ1) is 23.3. The van der Waals surface area contributed by atoms with Crippen LogP contribution in [0.15, 0.2) is 0 Å².